The molecule has 1 N–H and O–H groups in total. The van der Waals surface area contributed by atoms with Crippen molar-refractivity contribution in [1.82, 2.24) is 24.4 Å². The maximum absolute atomic E-state index is 5.00. The molecule has 27 heavy (non-hydrogen) atoms. The minimum Gasteiger partial charge on any atom is -0.360 e. The van der Waals surface area contributed by atoms with E-state index in [2.05, 4.69) is 43.7 Å². The third-order valence-corrected chi connectivity index (χ3v) is 6.38. The number of imidazole rings is 1. The lowest BCUT2D eigenvalue weighted by molar-refractivity contribution is 0.130. The fourth-order valence-corrected chi connectivity index (χ4v) is 4.59. The van der Waals surface area contributed by atoms with Gasteiger partial charge >= 0.3 is 0 Å². The zero-order chi connectivity index (χ0) is 17.8. The molecule has 3 aromatic heterocycles. The molecule has 2 aliphatic rings. The molecule has 6 rings (SSSR count). The van der Waals surface area contributed by atoms with Crippen LogP contribution in [0, 0.1) is 0 Å². The normalized spacial score (nSPS) is 18.5. The first kappa shape index (κ1) is 15.4. The molecule has 1 aromatic carbocycles. The molecular formula is C22H23N5. The van der Waals surface area contributed by atoms with E-state index in [0.29, 0.717) is 0 Å². The van der Waals surface area contributed by atoms with Crippen molar-refractivity contribution in [3.63, 3.8) is 0 Å². The Labute approximate surface area is 158 Å². The number of aromatic amines is 1. The summed E-state index contributed by atoms with van der Waals surface area (Å²) in [4.78, 5) is 15.5. The smallest absolute Gasteiger partial charge is 0.111 e. The van der Waals surface area contributed by atoms with Crippen molar-refractivity contribution in [2.24, 2.45) is 0 Å². The van der Waals surface area contributed by atoms with Crippen LogP contribution in [-0.2, 0) is 13.0 Å². The minimum atomic E-state index is 0.822. The molecule has 136 valence electrons. The Morgan fingerprint density at radius 1 is 0.963 bits per heavy atom. The number of benzene rings is 1. The van der Waals surface area contributed by atoms with Crippen molar-refractivity contribution in [1.29, 1.82) is 0 Å². The maximum atomic E-state index is 5.00. The van der Waals surface area contributed by atoms with Gasteiger partial charge in [0.05, 0.1) is 22.1 Å². The summed E-state index contributed by atoms with van der Waals surface area (Å²) in [5.74, 6) is 1.24. The predicted molar refractivity (Wildman–Crippen MR) is 108 cm³/mol. The summed E-state index contributed by atoms with van der Waals surface area (Å²) in [7, 11) is 0. The van der Waals surface area contributed by atoms with Gasteiger partial charge in [-0.05, 0) is 42.7 Å². The first-order valence-corrected chi connectivity index (χ1v) is 10.0. The lowest BCUT2D eigenvalue weighted by Crippen LogP contribution is -2.41. The highest BCUT2D eigenvalue weighted by atomic mass is 15.2. The van der Waals surface area contributed by atoms with Gasteiger partial charge in [-0.1, -0.05) is 12.5 Å². The van der Waals surface area contributed by atoms with Crippen LogP contribution >= 0.6 is 0 Å². The van der Waals surface area contributed by atoms with Gasteiger partial charge in [0, 0.05) is 50.1 Å². The largest absolute Gasteiger partial charge is 0.360 e. The van der Waals surface area contributed by atoms with Crippen molar-refractivity contribution < 1.29 is 0 Å². The topological polar surface area (TPSA) is 49.7 Å². The number of H-pyrrole nitrogens is 1. The minimum absolute atomic E-state index is 0.822. The van der Waals surface area contributed by atoms with Crippen LogP contribution in [0.1, 0.15) is 25.1 Å². The van der Waals surface area contributed by atoms with Crippen molar-refractivity contribution in [2.45, 2.75) is 38.3 Å². The van der Waals surface area contributed by atoms with Crippen molar-refractivity contribution in [2.75, 3.05) is 13.1 Å². The fourth-order valence-electron chi connectivity index (χ4n) is 4.59. The number of nitrogens with zero attached hydrogens (tertiary/aromatic N) is 4. The highest BCUT2D eigenvalue weighted by Crippen LogP contribution is 2.29. The molecule has 0 unspecified atom stereocenters. The maximum Gasteiger partial charge on any atom is 0.111 e. The standard InChI is InChI=1S/C22H23N5/c1-2-17(3-1)26-9-7-22-25-20-12-15(4-5-21(20)27(22)11-10-26)16-13-19-18(24-14-16)6-8-23-19/h4-6,8,12-14,17,23H,1-3,7,9-11H2. The number of nitrogens with one attached hydrogen (secondary N) is 1. The molecule has 1 fully saturated rings. The van der Waals surface area contributed by atoms with Crippen molar-refractivity contribution in [3.8, 4) is 11.1 Å². The second-order valence-electron chi connectivity index (χ2n) is 7.89. The van der Waals surface area contributed by atoms with Crippen LogP contribution in [-0.4, -0.2) is 43.6 Å². The average molecular weight is 357 g/mol. The Hall–Kier alpha value is -2.66. The summed E-state index contributed by atoms with van der Waals surface area (Å²) < 4.78 is 2.43. The van der Waals surface area contributed by atoms with Crippen LogP contribution in [0.3, 0.4) is 0 Å². The van der Waals surface area contributed by atoms with E-state index < -0.39 is 0 Å². The first-order chi connectivity index (χ1) is 13.3. The third kappa shape index (κ3) is 2.49. The van der Waals surface area contributed by atoms with Gasteiger partial charge in [0.15, 0.2) is 0 Å². The first-order valence-electron chi connectivity index (χ1n) is 10.0. The highest BCUT2D eigenvalue weighted by molar-refractivity contribution is 5.85. The van der Waals surface area contributed by atoms with Crippen LogP contribution in [0.5, 0.6) is 0 Å². The molecule has 0 atom stereocenters. The van der Waals surface area contributed by atoms with E-state index >= 15 is 0 Å². The third-order valence-electron chi connectivity index (χ3n) is 6.38. The van der Waals surface area contributed by atoms with Crippen LogP contribution < -0.4 is 0 Å². The quantitative estimate of drug-likeness (QED) is 0.590. The van der Waals surface area contributed by atoms with E-state index in [9.17, 15) is 0 Å². The Kier molecular flexibility index (Phi) is 3.38. The molecule has 1 aliphatic heterocycles. The molecule has 1 aliphatic carbocycles. The average Bonchev–Trinajstić information content (AvgIpc) is 3.20. The Balaban J connectivity index is 1.35. The van der Waals surface area contributed by atoms with Gasteiger partial charge in [-0.2, -0.15) is 0 Å². The number of hydrogen-bond donors (Lipinski definition) is 1. The lowest BCUT2D eigenvalue weighted by atomic mass is 9.91. The SMILES string of the molecule is c1cc2ncc(-c3ccc4c(c3)nc3n4CCN(C4CCC4)CC3)cc2[nH]1. The summed E-state index contributed by atoms with van der Waals surface area (Å²) in [5.41, 5.74) is 6.75. The molecule has 1 saturated carbocycles. The second-order valence-corrected chi connectivity index (χ2v) is 7.89. The van der Waals surface area contributed by atoms with Crippen LogP contribution in [0.25, 0.3) is 33.2 Å². The molecule has 0 saturated heterocycles. The van der Waals surface area contributed by atoms with E-state index in [0.717, 1.165) is 54.2 Å². The van der Waals surface area contributed by atoms with E-state index in [1.54, 1.807) is 0 Å². The molecule has 0 radical (unpaired) electrons. The number of rotatable bonds is 2. The molecule has 5 nitrogen and oxygen atoms in total. The number of pyridine rings is 1. The summed E-state index contributed by atoms with van der Waals surface area (Å²) >= 11 is 0. The van der Waals surface area contributed by atoms with Crippen LogP contribution in [0.15, 0.2) is 42.7 Å². The Morgan fingerprint density at radius 2 is 1.93 bits per heavy atom. The zero-order valence-corrected chi connectivity index (χ0v) is 15.4. The van der Waals surface area contributed by atoms with Gasteiger partial charge in [0.25, 0.3) is 0 Å². The number of hydrogen-bond acceptors (Lipinski definition) is 3. The summed E-state index contributed by atoms with van der Waals surface area (Å²) in [6.07, 6.45) is 9.10. The van der Waals surface area contributed by atoms with Gasteiger partial charge in [0.2, 0.25) is 0 Å². The molecular weight excluding hydrogens is 334 g/mol. The summed E-state index contributed by atoms with van der Waals surface area (Å²) in [5, 5.41) is 0. The van der Waals surface area contributed by atoms with Gasteiger partial charge in [0.1, 0.15) is 5.82 Å². The molecule has 4 aromatic rings. The van der Waals surface area contributed by atoms with E-state index in [1.165, 1.54) is 36.2 Å². The number of aromatic nitrogens is 4. The lowest BCUT2D eigenvalue weighted by Gasteiger charge is -2.36. The Bertz CT molecular complexity index is 1130. The Morgan fingerprint density at radius 3 is 2.81 bits per heavy atom. The second kappa shape index (κ2) is 5.92. The van der Waals surface area contributed by atoms with E-state index in [1.807, 2.05) is 18.5 Å². The zero-order valence-electron chi connectivity index (χ0n) is 15.4. The molecule has 4 heterocycles. The fraction of sp³-hybridized carbons (Fsp3) is 0.364. The van der Waals surface area contributed by atoms with Gasteiger partial charge in [-0.15, -0.1) is 0 Å². The van der Waals surface area contributed by atoms with Crippen molar-refractivity contribution >= 4 is 22.1 Å². The van der Waals surface area contributed by atoms with Crippen molar-refractivity contribution in [3.05, 3.63) is 48.5 Å². The molecule has 0 bridgehead atoms. The van der Waals surface area contributed by atoms with E-state index in [-0.39, 0.29) is 0 Å². The molecule has 5 heteroatoms. The van der Waals surface area contributed by atoms with Crippen LogP contribution in [0.2, 0.25) is 0 Å². The van der Waals surface area contributed by atoms with Crippen LogP contribution in [0.4, 0.5) is 0 Å². The molecule has 0 spiro atoms. The monoisotopic (exact) mass is 357 g/mol. The van der Waals surface area contributed by atoms with Gasteiger partial charge in [-0.25, -0.2) is 4.98 Å². The van der Waals surface area contributed by atoms with Gasteiger partial charge in [-0.3, -0.25) is 9.88 Å². The van der Waals surface area contributed by atoms with E-state index in [4.69, 9.17) is 4.98 Å². The predicted octanol–water partition coefficient (Wildman–Crippen LogP) is 3.99. The van der Waals surface area contributed by atoms with Gasteiger partial charge < -0.3 is 9.55 Å². The molecule has 0 amide bonds. The number of fused-ring (bicyclic) bond motifs is 4. The summed E-state index contributed by atoms with van der Waals surface area (Å²) in [6.45, 7) is 3.35. The highest BCUT2D eigenvalue weighted by Gasteiger charge is 2.27. The summed E-state index contributed by atoms with van der Waals surface area (Å²) in [6, 6.07) is 11.6.